The van der Waals surface area contributed by atoms with E-state index in [1.807, 2.05) is 0 Å². The van der Waals surface area contributed by atoms with Gasteiger partial charge in [0, 0.05) is 0 Å². The first-order valence-corrected chi connectivity index (χ1v) is 6.26. The van der Waals surface area contributed by atoms with Crippen molar-refractivity contribution < 1.29 is 28.8 Å². The van der Waals surface area contributed by atoms with Gasteiger partial charge in [0.05, 0.1) is 0 Å². The van der Waals surface area contributed by atoms with E-state index in [1.165, 1.54) is 24.6 Å². The van der Waals surface area contributed by atoms with Crippen molar-refractivity contribution in [2.24, 2.45) is 0 Å². The summed E-state index contributed by atoms with van der Waals surface area (Å²) in [6.07, 6.45) is 3.42. The average Bonchev–Trinajstić information content (AvgIpc) is 2.30. The van der Waals surface area contributed by atoms with Crippen molar-refractivity contribution in [1.29, 1.82) is 0 Å². The van der Waals surface area contributed by atoms with Crippen LogP contribution >= 0.6 is 0 Å². The average molecular weight is 257 g/mol. The molecule has 1 saturated heterocycles. The van der Waals surface area contributed by atoms with E-state index in [0.717, 1.165) is 29.9 Å². The Kier molecular flexibility index (Phi) is 4.01. The molecule has 0 saturated carbocycles. The van der Waals surface area contributed by atoms with Crippen molar-refractivity contribution in [1.82, 2.24) is 4.90 Å². The first kappa shape index (κ1) is 12.1. The molecule has 0 amide bonds. The Bertz CT molecular complexity index is 380. The number of hydrogen-bond acceptors (Lipinski definition) is 1. The van der Waals surface area contributed by atoms with Gasteiger partial charge in [-0.3, -0.25) is 0 Å². The van der Waals surface area contributed by atoms with E-state index in [2.05, 4.69) is 4.90 Å². The maximum atomic E-state index is 13.6. The van der Waals surface area contributed by atoms with Gasteiger partial charge in [-0.1, -0.05) is 0 Å². The third kappa shape index (κ3) is 2.47. The van der Waals surface area contributed by atoms with E-state index >= 15 is 0 Å². The fourth-order valence-electron chi connectivity index (χ4n) is 2.00. The van der Waals surface area contributed by atoms with Crippen LogP contribution in [0.25, 0.3) is 0 Å². The summed E-state index contributed by atoms with van der Waals surface area (Å²) in [5, 5.41) is 0. The van der Waals surface area contributed by atoms with E-state index in [0.29, 0.717) is 0 Å². The van der Waals surface area contributed by atoms with Gasteiger partial charge in [-0.05, 0) is 0 Å². The zero-order valence-electron chi connectivity index (χ0n) is 8.97. The number of halogens is 2. The van der Waals surface area contributed by atoms with Crippen LogP contribution in [0.4, 0.5) is 8.78 Å². The zero-order chi connectivity index (χ0) is 11.5. The van der Waals surface area contributed by atoms with Crippen LogP contribution in [0.1, 0.15) is 24.8 Å². The number of rotatable bonds is 2. The van der Waals surface area contributed by atoms with Gasteiger partial charge in [-0.2, -0.15) is 0 Å². The molecule has 0 spiro atoms. The van der Waals surface area contributed by atoms with Crippen LogP contribution in [-0.2, 0) is 20.0 Å². The van der Waals surface area contributed by atoms with Crippen molar-refractivity contribution in [2.75, 3.05) is 13.1 Å². The van der Waals surface area contributed by atoms with Gasteiger partial charge < -0.3 is 0 Å². The number of hydrogen-bond donors (Lipinski definition) is 0. The Morgan fingerprint density at radius 3 is 2.19 bits per heavy atom. The van der Waals surface area contributed by atoms with Crippen LogP contribution in [0.3, 0.4) is 0 Å². The number of likely N-dealkylation sites (tertiary alicyclic amines) is 1. The molecule has 1 aliphatic rings. The Balaban J connectivity index is 2.26. The Morgan fingerprint density at radius 1 is 1.06 bits per heavy atom. The van der Waals surface area contributed by atoms with Crippen LogP contribution in [0.5, 0.6) is 0 Å². The predicted molar refractivity (Wildman–Crippen MR) is 55.9 cm³/mol. The van der Waals surface area contributed by atoms with E-state index < -0.39 is 11.6 Å². The van der Waals surface area contributed by atoms with Gasteiger partial charge in [-0.25, -0.2) is 0 Å². The molecule has 82 valence electrons. The van der Waals surface area contributed by atoms with Crippen LogP contribution < -0.4 is 0 Å². The molecular formula is C12H13F2NTi+2. The minimum atomic E-state index is -0.469. The molecule has 2 rings (SSSR count). The second-order valence-corrected chi connectivity index (χ2v) is 4.73. The first-order valence-electron chi connectivity index (χ1n) is 5.48. The molecule has 0 aromatic heterocycles. The molecule has 1 aromatic carbocycles. The molecule has 0 N–H and O–H groups in total. The van der Waals surface area contributed by atoms with Crippen LogP contribution in [-0.4, -0.2) is 21.9 Å². The summed E-state index contributed by atoms with van der Waals surface area (Å²) in [4.78, 5) is 2.07. The first-order chi connectivity index (χ1) is 7.70. The van der Waals surface area contributed by atoms with Gasteiger partial charge in [0.1, 0.15) is 0 Å². The van der Waals surface area contributed by atoms with Crippen LogP contribution in [0, 0.1) is 11.6 Å². The zero-order valence-corrected chi connectivity index (χ0v) is 10.5. The molecule has 4 heteroatoms. The third-order valence-corrected chi connectivity index (χ3v) is 3.76. The Morgan fingerprint density at radius 2 is 1.62 bits per heavy atom. The molecule has 1 aliphatic heterocycles. The second-order valence-electron chi connectivity index (χ2n) is 3.99. The van der Waals surface area contributed by atoms with E-state index in [1.54, 1.807) is 20.0 Å². The topological polar surface area (TPSA) is 3.24 Å². The molecule has 16 heavy (non-hydrogen) atoms. The number of piperidine rings is 1. The fourth-order valence-corrected chi connectivity index (χ4v) is 2.72. The van der Waals surface area contributed by atoms with Crippen molar-refractivity contribution in [3.8, 4) is 0 Å². The van der Waals surface area contributed by atoms with E-state index in [9.17, 15) is 8.78 Å². The van der Waals surface area contributed by atoms with Crippen molar-refractivity contribution in [2.45, 2.75) is 19.3 Å². The Hall–Kier alpha value is -0.376. The van der Waals surface area contributed by atoms with E-state index in [4.69, 9.17) is 0 Å². The number of benzene rings is 1. The molecule has 1 aromatic rings. The molecular weight excluding hydrogens is 244 g/mol. The van der Waals surface area contributed by atoms with E-state index in [-0.39, 0.29) is 5.56 Å². The molecule has 1 fully saturated rings. The summed E-state index contributed by atoms with van der Waals surface area (Å²) in [6.45, 7) is 1.80. The summed E-state index contributed by atoms with van der Waals surface area (Å²) < 4.78 is 27.9. The molecule has 0 atom stereocenters. The summed E-state index contributed by atoms with van der Waals surface area (Å²) in [7, 11) is 0. The summed E-state index contributed by atoms with van der Waals surface area (Å²) in [6, 6.07) is 4.02. The predicted octanol–water partition coefficient (Wildman–Crippen LogP) is 2.48. The number of nitrogens with zero attached hydrogens (tertiary/aromatic N) is 1. The SMILES string of the molecule is Fc1cccc(F)c1[C](=[Ti+2])N1CCCCC1. The van der Waals surface area contributed by atoms with Gasteiger partial charge in [-0.15, -0.1) is 0 Å². The van der Waals surface area contributed by atoms with Gasteiger partial charge >= 0.3 is 105 Å². The van der Waals surface area contributed by atoms with Crippen molar-refractivity contribution in [3.05, 3.63) is 35.4 Å². The standard InChI is InChI=1S/C12H13F2N.Ti/c13-11-5-4-6-12(14)10(11)9-15-7-2-1-3-8-15;/h4-6H,1-3,7-8H2;/q;+2. The molecule has 0 aliphatic carbocycles. The van der Waals surface area contributed by atoms with Gasteiger partial charge in [0.25, 0.3) is 0 Å². The maximum absolute atomic E-state index is 13.6. The van der Waals surface area contributed by atoms with Crippen molar-refractivity contribution >= 4 is 3.94 Å². The summed E-state index contributed by atoms with van der Waals surface area (Å²) >= 11 is 1.80. The molecule has 0 unspecified atom stereocenters. The van der Waals surface area contributed by atoms with Crippen LogP contribution in [0.15, 0.2) is 18.2 Å². The molecule has 0 radical (unpaired) electrons. The second kappa shape index (κ2) is 5.30. The molecule has 0 bridgehead atoms. The van der Waals surface area contributed by atoms with Gasteiger partial charge in [0.15, 0.2) is 0 Å². The minimum absolute atomic E-state index is 0.129. The molecule has 1 heterocycles. The molecule has 1 nitrogen and oxygen atoms in total. The fraction of sp³-hybridized carbons (Fsp3) is 0.417. The quantitative estimate of drug-likeness (QED) is 0.736. The normalized spacial score (nSPS) is 17.5. The monoisotopic (exact) mass is 257 g/mol. The van der Waals surface area contributed by atoms with Crippen LogP contribution in [0.2, 0.25) is 0 Å². The van der Waals surface area contributed by atoms with Gasteiger partial charge in [0.2, 0.25) is 0 Å². The third-order valence-electron chi connectivity index (χ3n) is 2.87. The van der Waals surface area contributed by atoms with Crippen molar-refractivity contribution in [3.63, 3.8) is 0 Å². The summed E-state index contributed by atoms with van der Waals surface area (Å²) in [5.74, 6) is -0.939. The Labute approximate surface area is 105 Å². The summed E-state index contributed by atoms with van der Waals surface area (Å²) in [5.41, 5.74) is 0.129.